The van der Waals surface area contributed by atoms with Crippen molar-refractivity contribution < 1.29 is 4.79 Å². The summed E-state index contributed by atoms with van der Waals surface area (Å²) in [7, 11) is 0. The predicted molar refractivity (Wildman–Crippen MR) is 96.7 cm³/mol. The zero-order chi connectivity index (χ0) is 16.7. The molecule has 0 saturated carbocycles. The van der Waals surface area contributed by atoms with Gasteiger partial charge in [0.15, 0.2) is 0 Å². The number of rotatable bonds is 7. The van der Waals surface area contributed by atoms with Crippen LogP contribution >= 0.6 is 23.2 Å². The van der Waals surface area contributed by atoms with Gasteiger partial charge in [-0.15, -0.1) is 0 Å². The van der Waals surface area contributed by atoms with Crippen molar-refractivity contribution in [3.63, 3.8) is 0 Å². The fraction of sp³-hybridized carbons (Fsp3) is 0.294. The van der Waals surface area contributed by atoms with E-state index in [1.54, 1.807) is 36.5 Å². The van der Waals surface area contributed by atoms with Crippen molar-refractivity contribution in [3.8, 4) is 0 Å². The van der Waals surface area contributed by atoms with Crippen molar-refractivity contribution in [3.05, 3.63) is 52.1 Å². The first-order chi connectivity index (χ1) is 11.1. The summed E-state index contributed by atoms with van der Waals surface area (Å²) >= 11 is 12.1. The Morgan fingerprint density at radius 3 is 2.61 bits per heavy atom. The molecule has 1 heterocycles. The lowest BCUT2D eigenvalue weighted by Crippen LogP contribution is -2.13. The van der Waals surface area contributed by atoms with Crippen molar-refractivity contribution in [2.75, 3.05) is 17.2 Å². The van der Waals surface area contributed by atoms with Crippen LogP contribution in [0.2, 0.25) is 10.0 Å². The molecule has 1 aromatic heterocycles. The van der Waals surface area contributed by atoms with Crippen molar-refractivity contribution in [2.24, 2.45) is 0 Å². The third-order valence-electron chi connectivity index (χ3n) is 3.31. The summed E-state index contributed by atoms with van der Waals surface area (Å²) in [5.74, 6) is 0.401. The molecule has 2 rings (SSSR count). The SMILES string of the molecule is CCCCCNc1cc(C(=O)Nc2c(Cl)cccc2Cl)ccn1. The van der Waals surface area contributed by atoms with E-state index < -0.39 is 0 Å². The minimum absolute atomic E-state index is 0.279. The maximum absolute atomic E-state index is 12.4. The highest BCUT2D eigenvalue weighted by Gasteiger charge is 2.12. The number of carbonyl (C=O) groups excluding carboxylic acids is 1. The van der Waals surface area contributed by atoms with E-state index in [-0.39, 0.29) is 5.91 Å². The molecule has 0 bridgehead atoms. The average molecular weight is 352 g/mol. The third kappa shape index (κ3) is 5.12. The number of benzene rings is 1. The quantitative estimate of drug-likeness (QED) is 0.670. The highest BCUT2D eigenvalue weighted by molar-refractivity contribution is 6.40. The van der Waals surface area contributed by atoms with E-state index in [9.17, 15) is 4.79 Å². The molecule has 0 unspecified atom stereocenters. The molecule has 0 saturated heterocycles. The Morgan fingerprint density at radius 1 is 1.17 bits per heavy atom. The highest BCUT2D eigenvalue weighted by Crippen LogP contribution is 2.30. The number of para-hydroxylation sites is 1. The number of carbonyl (C=O) groups is 1. The summed E-state index contributed by atoms with van der Waals surface area (Å²) in [6.45, 7) is 2.99. The summed E-state index contributed by atoms with van der Waals surface area (Å²) < 4.78 is 0. The van der Waals surface area contributed by atoms with Crippen LogP contribution in [0.3, 0.4) is 0 Å². The number of nitrogens with zero attached hydrogens (tertiary/aromatic N) is 1. The average Bonchev–Trinajstić information content (AvgIpc) is 2.55. The highest BCUT2D eigenvalue weighted by atomic mass is 35.5. The minimum atomic E-state index is -0.279. The molecular formula is C17H19Cl2N3O. The van der Waals surface area contributed by atoms with Gasteiger partial charge in [-0.3, -0.25) is 4.79 Å². The fourth-order valence-electron chi connectivity index (χ4n) is 2.06. The van der Waals surface area contributed by atoms with Gasteiger partial charge in [-0.25, -0.2) is 4.98 Å². The molecule has 0 atom stereocenters. The van der Waals surface area contributed by atoms with Gasteiger partial charge in [0.05, 0.1) is 15.7 Å². The van der Waals surface area contributed by atoms with Gasteiger partial charge in [-0.2, -0.15) is 0 Å². The van der Waals surface area contributed by atoms with Gasteiger partial charge in [-0.1, -0.05) is 49.0 Å². The van der Waals surface area contributed by atoms with Gasteiger partial charge in [0.25, 0.3) is 5.91 Å². The van der Waals surface area contributed by atoms with E-state index in [2.05, 4.69) is 22.5 Å². The summed E-state index contributed by atoms with van der Waals surface area (Å²) in [4.78, 5) is 16.6. The summed E-state index contributed by atoms with van der Waals surface area (Å²) in [6, 6.07) is 8.45. The zero-order valence-electron chi connectivity index (χ0n) is 12.9. The Bertz CT molecular complexity index is 656. The van der Waals surface area contributed by atoms with Crippen molar-refractivity contribution in [1.82, 2.24) is 4.98 Å². The maximum Gasteiger partial charge on any atom is 0.255 e. The van der Waals surface area contributed by atoms with E-state index in [4.69, 9.17) is 23.2 Å². The lowest BCUT2D eigenvalue weighted by Gasteiger charge is -2.10. The summed E-state index contributed by atoms with van der Waals surface area (Å²) in [5, 5.41) is 6.76. The lowest BCUT2D eigenvalue weighted by atomic mass is 10.2. The van der Waals surface area contributed by atoms with E-state index in [0.717, 1.165) is 25.8 Å². The molecule has 6 heteroatoms. The molecule has 2 aromatic rings. The van der Waals surface area contributed by atoms with Gasteiger partial charge in [-0.05, 0) is 30.7 Å². The van der Waals surface area contributed by atoms with Crippen LogP contribution < -0.4 is 10.6 Å². The topological polar surface area (TPSA) is 54.0 Å². The van der Waals surface area contributed by atoms with Crippen LogP contribution in [-0.2, 0) is 0 Å². The monoisotopic (exact) mass is 351 g/mol. The lowest BCUT2D eigenvalue weighted by molar-refractivity contribution is 0.102. The standard InChI is InChI=1S/C17H19Cl2N3O/c1-2-3-4-9-20-15-11-12(8-10-21-15)17(23)22-16-13(18)6-5-7-14(16)19/h5-8,10-11H,2-4,9H2,1H3,(H,20,21)(H,22,23). The molecule has 0 aliphatic rings. The number of pyridine rings is 1. The molecule has 0 aliphatic carbocycles. The van der Waals surface area contributed by atoms with Crippen molar-refractivity contribution >= 4 is 40.6 Å². The van der Waals surface area contributed by atoms with Crippen molar-refractivity contribution in [2.45, 2.75) is 26.2 Å². The van der Waals surface area contributed by atoms with Crippen molar-refractivity contribution in [1.29, 1.82) is 0 Å². The molecule has 1 aromatic carbocycles. The molecular weight excluding hydrogens is 333 g/mol. The number of amides is 1. The van der Waals surface area contributed by atoms with Crippen LogP contribution in [0.5, 0.6) is 0 Å². The molecule has 0 fully saturated rings. The van der Waals surface area contributed by atoms with Crippen LogP contribution in [0.15, 0.2) is 36.5 Å². The Labute approximate surface area is 146 Å². The first-order valence-electron chi connectivity index (χ1n) is 7.57. The smallest absolute Gasteiger partial charge is 0.255 e. The first kappa shape index (κ1) is 17.6. The fourth-order valence-corrected chi connectivity index (χ4v) is 2.55. The number of hydrogen-bond acceptors (Lipinski definition) is 3. The van der Waals surface area contributed by atoms with E-state index in [0.29, 0.717) is 27.1 Å². The number of unbranched alkanes of at least 4 members (excludes halogenated alkanes) is 2. The predicted octanol–water partition coefficient (Wildman–Crippen LogP) is 5.24. The van der Waals surface area contributed by atoms with E-state index in [1.807, 2.05) is 0 Å². The number of halogens is 2. The first-order valence-corrected chi connectivity index (χ1v) is 8.32. The second kappa shape index (κ2) is 8.75. The summed E-state index contributed by atoms with van der Waals surface area (Å²) in [5.41, 5.74) is 0.907. The summed E-state index contributed by atoms with van der Waals surface area (Å²) in [6.07, 6.45) is 5.00. The molecule has 4 nitrogen and oxygen atoms in total. The Morgan fingerprint density at radius 2 is 1.91 bits per heavy atom. The van der Waals surface area contributed by atoms with Crippen LogP contribution in [0.25, 0.3) is 0 Å². The van der Waals surface area contributed by atoms with Gasteiger partial charge in [0.2, 0.25) is 0 Å². The molecule has 122 valence electrons. The minimum Gasteiger partial charge on any atom is -0.370 e. The molecule has 0 spiro atoms. The Kier molecular flexibility index (Phi) is 6.68. The normalized spacial score (nSPS) is 10.4. The number of anilines is 2. The van der Waals surface area contributed by atoms with E-state index in [1.165, 1.54) is 0 Å². The van der Waals surface area contributed by atoms with Gasteiger partial charge in [0.1, 0.15) is 5.82 Å². The van der Waals surface area contributed by atoms with Crippen LogP contribution in [0.1, 0.15) is 36.5 Å². The van der Waals surface area contributed by atoms with Crippen LogP contribution in [-0.4, -0.2) is 17.4 Å². The number of nitrogens with one attached hydrogen (secondary N) is 2. The van der Waals surface area contributed by atoms with Gasteiger partial charge in [0, 0.05) is 18.3 Å². The second-order valence-corrected chi connectivity index (χ2v) is 5.93. The van der Waals surface area contributed by atoms with Gasteiger partial charge < -0.3 is 10.6 Å². The third-order valence-corrected chi connectivity index (χ3v) is 3.94. The Balaban J connectivity index is 2.05. The molecule has 1 amide bonds. The second-order valence-electron chi connectivity index (χ2n) is 5.11. The van der Waals surface area contributed by atoms with Crippen LogP contribution in [0.4, 0.5) is 11.5 Å². The largest absolute Gasteiger partial charge is 0.370 e. The Hall–Kier alpha value is -1.78. The molecule has 0 aliphatic heterocycles. The zero-order valence-corrected chi connectivity index (χ0v) is 14.4. The molecule has 23 heavy (non-hydrogen) atoms. The number of hydrogen-bond donors (Lipinski definition) is 2. The molecule has 0 radical (unpaired) electrons. The van der Waals surface area contributed by atoms with Gasteiger partial charge >= 0.3 is 0 Å². The molecule has 2 N–H and O–H groups in total. The van der Waals surface area contributed by atoms with E-state index >= 15 is 0 Å². The number of aromatic nitrogens is 1. The maximum atomic E-state index is 12.4. The van der Waals surface area contributed by atoms with Crippen LogP contribution in [0, 0.1) is 0 Å².